The first-order chi connectivity index (χ1) is 12.6. The fourth-order valence-corrected chi connectivity index (χ4v) is 3.96. The van der Waals surface area contributed by atoms with Gasteiger partial charge >= 0.3 is 0 Å². The van der Waals surface area contributed by atoms with Crippen LogP contribution in [0.4, 0.5) is 0 Å². The van der Waals surface area contributed by atoms with Crippen molar-refractivity contribution in [3.63, 3.8) is 0 Å². The Kier molecular flexibility index (Phi) is 6.40. The molecule has 6 nitrogen and oxygen atoms in total. The summed E-state index contributed by atoms with van der Waals surface area (Å²) >= 11 is 3.58. The number of nitrogens with zero attached hydrogens (tertiary/aromatic N) is 4. The van der Waals surface area contributed by atoms with E-state index >= 15 is 0 Å². The van der Waals surface area contributed by atoms with Gasteiger partial charge in [0.1, 0.15) is 12.4 Å². The summed E-state index contributed by atoms with van der Waals surface area (Å²) in [6.07, 6.45) is 0.986. The lowest BCUT2D eigenvalue weighted by Crippen LogP contribution is -2.38. The molecule has 0 bridgehead atoms. The smallest absolute Gasteiger partial charge is 0.192 e. The maximum atomic E-state index is 4.69. The van der Waals surface area contributed by atoms with Gasteiger partial charge in [-0.15, -0.1) is 32.9 Å². The van der Waals surface area contributed by atoms with E-state index in [1.807, 2.05) is 18.5 Å². The zero-order valence-corrected chi connectivity index (χ0v) is 17.0. The number of hydrogen-bond donors (Lipinski definition) is 2. The standard InChI is InChI=1S/C18H24N6S2/c1-13-6-7-16(26-13)11-20-18(19-9-8-15-5-4-10-25-15)21-12-17-23-22-14(2)24(17)3/h4-7,10H,8-9,11-12H2,1-3H3,(H2,19,20,21). The molecule has 0 radical (unpaired) electrons. The van der Waals surface area contributed by atoms with Gasteiger partial charge in [0.2, 0.25) is 0 Å². The molecule has 3 rings (SSSR count). The van der Waals surface area contributed by atoms with Crippen molar-refractivity contribution >= 4 is 28.6 Å². The molecule has 138 valence electrons. The Morgan fingerprint density at radius 2 is 2.04 bits per heavy atom. The first-order valence-corrected chi connectivity index (χ1v) is 10.3. The number of aromatic nitrogens is 3. The average molecular weight is 389 g/mol. The molecule has 0 aromatic carbocycles. The summed E-state index contributed by atoms with van der Waals surface area (Å²) in [6.45, 7) is 6.17. The summed E-state index contributed by atoms with van der Waals surface area (Å²) in [5.74, 6) is 2.55. The lowest BCUT2D eigenvalue weighted by Gasteiger charge is -2.12. The van der Waals surface area contributed by atoms with Crippen LogP contribution in [0.3, 0.4) is 0 Å². The van der Waals surface area contributed by atoms with Crippen LogP contribution in [0.2, 0.25) is 0 Å². The minimum Gasteiger partial charge on any atom is -0.356 e. The highest BCUT2D eigenvalue weighted by Gasteiger charge is 2.06. The summed E-state index contributed by atoms with van der Waals surface area (Å²) in [6, 6.07) is 8.55. The molecule has 0 aliphatic heterocycles. The van der Waals surface area contributed by atoms with E-state index in [1.54, 1.807) is 22.7 Å². The molecular formula is C18H24N6S2. The van der Waals surface area contributed by atoms with Crippen LogP contribution in [0.1, 0.15) is 26.3 Å². The van der Waals surface area contributed by atoms with Gasteiger partial charge in [-0.1, -0.05) is 6.07 Å². The highest BCUT2D eigenvalue weighted by Crippen LogP contribution is 2.14. The lowest BCUT2D eigenvalue weighted by molar-refractivity contribution is 0.751. The third kappa shape index (κ3) is 5.15. The number of nitrogens with one attached hydrogen (secondary N) is 2. The number of aryl methyl sites for hydroxylation is 2. The second-order valence-corrected chi connectivity index (χ2v) is 8.41. The zero-order chi connectivity index (χ0) is 18.4. The number of aliphatic imine (C=N–C) groups is 1. The minimum atomic E-state index is 0.495. The Morgan fingerprint density at radius 3 is 2.69 bits per heavy atom. The molecule has 0 fully saturated rings. The van der Waals surface area contributed by atoms with Gasteiger partial charge in [0.25, 0.3) is 0 Å². The molecule has 0 aliphatic carbocycles. The van der Waals surface area contributed by atoms with Gasteiger partial charge in [0, 0.05) is 28.2 Å². The van der Waals surface area contributed by atoms with E-state index in [9.17, 15) is 0 Å². The van der Waals surface area contributed by atoms with Crippen LogP contribution in [0, 0.1) is 13.8 Å². The zero-order valence-electron chi connectivity index (χ0n) is 15.3. The molecule has 0 unspecified atom stereocenters. The van der Waals surface area contributed by atoms with E-state index in [4.69, 9.17) is 0 Å². The molecule has 0 amide bonds. The molecular weight excluding hydrogens is 364 g/mol. The maximum Gasteiger partial charge on any atom is 0.192 e. The maximum absolute atomic E-state index is 4.69. The van der Waals surface area contributed by atoms with E-state index in [0.29, 0.717) is 6.54 Å². The molecule has 0 saturated heterocycles. The van der Waals surface area contributed by atoms with E-state index in [1.165, 1.54) is 14.6 Å². The third-order valence-corrected chi connectivity index (χ3v) is 5.97. The summed E-state index contributed by atoms with van der Waals surface area (Å²) in [7, 11) is 1.96. The molecule has 0 spiro atoms. The molecule has 3 aromatic rings. The SMILES string of the molecule is Cc1ccc(CNC(=NCc2nnc(C)n2C)NCCc2cccs2)s1. The quantitative estimate of drug-likeness (QED) is 0.482. The first-order valence-electron chi connectivity index (χ1n) is 8.56. The van der Waals surface area contributed by atoms with Gasteiger partial charge in [0.15, 0.2) is 11.8 Å². The minimum absolute atomic E-state index is 0.495. The first kappa shape index (κ1) is 18.6. The van der Waals surface area contributed by atoms with E-state index in [2.05, 4.69) is 62.4 Å². The molecule has 3 aromatic heterocycles. The Hall–Kier alpha value is -2.19. The highest BCUT2D eigenvalue weighted by molar-refractivity contribution is 7.11. The number of thiophene rings is 2. The molecule has 2 N–H and O–H groups in total. The van der Waals surface area contributed by atoms with Gasteiger partial charge in [-0.3, -0.25) is 0 Å². The van der Waals surface area contributed by atoms with Crippen LogP contribution in [0.5, 0.6) is 0 Å². The van der Waals surface area contributed by atoms with Crippen LogP contribution in [0.25, 0.3) is 0 Å². The van der Waals surface area contributed by atoms with E-state index < -0.39 is 0 Å². The fourth-order valence-electron chi connectivity index (χ4n) is 2.42. The van der Waals surface area contributed by atoms with Crippen molar-refractivity contribution < 1.29 is 0 Å². The summed E-state index contributed by atoms with van der Waals surface area (Å²) < 4.78 is 1.97. The summed E-state index contributed by atoms with van der Waals surface area (Å²) in [4.78, 5) is 8.67. The van der Waals surface area contributed by atoms with E-state index in [-0.39, 0.29) is 0 Å². The lowest BCUT2D eigenvalue weighted by atomic mass is 10.3. The molecule has 26 heavy (non-hydrogen) atoms. The Labute approximate surface area is 162 Å². The Balaban J connectivity index is 1.61. The predicted octanol–water partition coefficient (Wildman–Crippen LogP) is 3.03. The highest BCUT2D eigenvalue weighted by atomic mass is 32.1. The van der Waals surface area contributed by atoms with Crippen molar-refractivity contribution in [3.8, 4) is 0 Å². The molecule has 8 heteroatoms. The topological polar surface area (TPSA) is 67.1 Å². The summed E-state index contributed by atoms with van der Waals surface area (Å²) in [5, 5.41) is 17.2. The Bertz CT molecular complexity index is 847. The van der Waals surface area contributed by atoms with Gasteiger partial charge < -0.3 is 15.2 Å². The van der Waals surface area contributed by atoms with Crippen molar-refractivity contribution in [1.82, 2.24) is 25.4 Å². The average Bonchev–Trinajstić information content (AvgIpc) is 3.35. The van der Waals surface area contributed by atoms with Gasteiger partial charge in [-0.2, -0.15) is 0 Å². The van der Waals surface area contributed by atoms with Gasteiger partial charge in [-0.05, 0) is 43.8 Å². The van der Waals surface area contributed by atoms with Gasteiger partial charge in [-0.25, -0.2) is 4.99 Å². The largest absolute Gasteiger partial charge is 0.356 e. The van der Waals surface area contributed by atoms with Gasteiger partial charge in [0.05, 0.1) is 6.54 Å². The fraction of sp³-hybridized carbons (Fsp3) is 0.389. The predicted molar refractivity (Wildman–Crippen MR) is 109 cm³/mol. The van der Waals surface area contributed by atoms with Crippen LogP contribution in [-0.4, -0.2) is 27.3 Å². The van der Waals surface area contributed by atoms with Crippen LogP contribution < -0.4 is 10.6 Å². The molecule has 0 aliphatic rings. The van der Waals surface area contributed by atoms with Crippen LogP contribution >= 0.6 is 22.7 Å². The molecule has 3 heterocycles. The molecule has 0 atom stereocenters. The monoisotopic (exact) mass is 388 g/mol. The van der Waals surface area contributed by atoms with Crippen molar-refractivity contribution in [1.29, 1.82) is 0 Å². The van der Waals surface area contributed by atoms with Crippen LogP contribution in [0.15, 0.2) is 34.6 Å². The number of hydrogen-bond acceptors (Lipinski definition) is 5. The van der Waals surface area contributed by atoms with E-state index in [0.717, 1.165) is 37.1 Å². The van der Waals surface area contributed by atoms with Crippen LogP contribution in [-0.2, 0) is 26.6 Å². The normalized spacial score (nSPS) is 11.7. The van der Waals surface area contributed by atoms with Crippen molar-refractivity contribution in [2.24, 2.45) is 12.0 Å². The van der Waals surface area contributed by atoms with Crippen molar-refractivity contribution in [2.45, 2.75) is 33.4 Å². The molecule has 0 saturated carbocycles. The number of rotatable bonds is 7. The van der Waals surface area contributed by atoms with Crippen molar-refractivity contribution in [3.05, 3.63) is 55.9 Å². The van der Waals surface area contributed by atoms with Crippen molar-refractivity contribution in [2.75, 3.05) is 6.54 Å². The number of guanidine groups is 1. The summed E-state index contributed by atoms with van der Waals surface area (Å²) in [5.41, 5.74) is 0. The second-order valence-electron chi connectivity index (χ2n) is 6.01. The Morgan fingerprint density at radius 1 is 1.15 bits per heavy atom. The second kappa shape index (κ2) is 8.95. The third-order valence-electron chi connectivity index (χ3n) is 4.03.